The smallest absolute Gasteiger partial charge is 0.224 e. The van der Waals surface area contributed by atoms with E-state index in [1.807, 2.05) is 0 Å². The van der Waals surface area contributed by atoms with E-state index in [1.54, 1.807) is 6.92 Å². The van der Waals surface area contributed by atoms with Crippen molar-refractivity contribution in [1.29, 1.82) is 0 Å². The van der Waals surface area contributed by atoms with E-state index in [2.05, 4.69) is 21.2 Å². The lowest BCUT2D eigenvalue weighted by molar-refractivity contribution is -0.116. The largest absolute Gasteiger partial charge is 0.330 e. The molecule has 17 heavy (non-hydrogen) atoms. The number of rotatable bonds is 4. The molecule has 0 aliphatic rings. The molecule has 0 aliphatic carbocycles. The molecule has 1 amide bonds. The zero-order valence-corrected chi connectivity index (χ0v) is 10.9. The van der Waals surface area contributed by atoms with Crippen LogP contribution in [0.4, 0.5) is 14.5 Å². The Bertz CT molecular complexity index is 403. The van der Waals surface area contributed by atoms with Gasteiger partial charge in [0, 0.05) is 10.9 Å². The average Bonchev–Trinajstić information content (AvgIpc) is 2.23. The Kier molecular flexibility index (Phi) is 5.02. The van der Waals surface area contributed by atoms with Gasteiger partial charge in [-0.05, 0) is 24.6 Å². The zero-order valence-electron chi connectivity index (χ0n) is 9.27. The molecule has 1 aromatic rings. The summed E-state index contributed by atoms with van der Waals surface area (Å²) in [5, 5.41) is 2.21. The number of hydrogen-bond donors (Lipinski definition) is 2. The maximum Gasteiger partial charge on any atom is 0.224 e. The number of benzene rings is 1. The Morgan fingerprint density at radius 1 is 1.47 bits per heavy atom. The van der Waals surface area contributed by atoms with E-state index < -0.39 is 23.2 Å². The standard InChI is InChI=1S/C11H13BrF2N2O/c1-6(5-15)2-10(17)16-11-8(13)3-7(12)4-9(11)14/h3-4,6H,2,5,15H2,1H3,(H,16,17). The molecular weight excluding hydrogens is 294 g/mol. The summed E-state index contributed by atoms with van der Waals surface area (Å²) < 4.78 is 27.0. The summed E-state index contributed by atoms with van der Waals surface area (Å²) in [6.45, 7) is 2.13. The molecular formula is C11H13BrF2N2O. The molecule has 0 radical (unpaired) electrons. The van der Waals surface area contributed by atoms with Crippen molar-refractivity contribution in [3.8, 4) is 0 Å². The Balaban J connectivity index is 2.78. The number of amides is 1. The molecule has 1 atom stereocenters. The van der Waals surface area contributed by atoms with E-state index >= 15 is 0 Å². The highest BCUT2D eigenvalue weighted by Gasteiger charge is 2.14. The minimum atomic E-state index is -0.814. The fourth-order valence-corrected chi connectivity index (χ4v) is 1.65. The predicted molar refractivity (Wildman–Crippen MR) is 65.5 cm³/mol. The average molecular weight is 307 g/mol. The van der Waals surface area contributed by atoms with Gasteiger partial charge < -0.3 is 11.1 Å². The molecule has 0 heterocycles. The third-order valence-corrected chi connectivity index (χ3v) is 2.67. The number of nitrogens with one attached hydrogen (secondary N) is 1. The number of nitrogens with two attached hydrogens (primary N) is 1. The Morgan fingerprint density at radius 2 is 2.00 bits per heavy atom. The fourth-order valence-electron chi connectivity index (χ4n) is 1.25. The van der Waals surface area contributed by atoms with Crippen molar-refractivity contribution in [3.63, 3.8) is 0 Å². The highest BCUT2D eigenvalue weighted by molar-refractivity contribution is 9.10. The number of halogens is 3. The van der Waals surface area contributed by atoms with Gasteiger partial charge in [-0.3, -0.25) is 4.79 Å². The first-order valence-electron chi connectivity index (χ1n) is 5.08. The van der Waals surface area contributed by atoms with Crippen LogP contribution in [0.3, 0.4) is 0 Å². The second kappa shape index (κ2) is 6.07. The van der Waals surface area contributed by atoms with Gasteiger partial charge in [-0.1, -0.05) is 22.9 Å². The first-order valence-corrected chi connectivity index (χ1v) is 5.87. The van der Waals surface area contributed by atoms with Crippen molar-refractivity contribution >= 4 is 27.5 Å². The van der Waals surface area contributed by atoms with Crippen molar-refractivity contribution in [2.45, 2.75) is 13.3 Å². The summed E-state index contributed by atoms with van der Waals surface area (Å²) in [5.74, 6) is -2.11. The Hall–Kier alpha value is -1.01. The van der Waals surface area contributed by atoms with Crippen LogP contribution >= 0.6 is 15.9 Å². The predicted octanol–water partition coefficient (Wildman–Crippen LogP) is 2.65. The van der Waals surface area contributed by atoms with Gasteiger partial charge in [-0.2, -0.15) is 0 Å². The molecule has 1 unspecified atom stereocenters. The highest BCUT2D eigenvalue weighted by Crippen LogP contribution is 2.24. The normalized spacial score (nSPS) is 12.3. The molecule has 0 aromatic heterocycles. The van der Waals surface area contributed by atoms with Gasteiger partial charge in [0.25, 0.3) is 0 Å². The van der Waals surface area contributed by atoms with Gasteiger partial charge in [-0.25, -0.2) is 8.78 Å². The molecule has 0 saturated carbocycles. The SMILES string of the molecule is CC(CN)CC(=O)Nc1c(F)cc(Br)cc1F. The summed E-state index contributed by atoms with van der Waals surface area (Å²) in [6, 6.07) is 2.18. The van der Waals surface area contributed by atoms with Crippen LogP contribution < -0.4 is 11.1 Å². The van der Waals surface area contributed by atoms with Crippen LogP contribution in [-0.2, 0) is 4.79 Å². The van der Waals surface area contributed by atoms with E-state index in [1.165, 1.54) is 0 Å². The van der Waals surface area contributed by atoms with Crippen LogP contribution in [0.5, 0.6) is 0 Å². The lowest BCUT2D eigenvalue weighted by Crippen LogP contribution is -2.21. The summed E-state index contributed by atoms with van der Waals surface area (Å²) in [6.07, 6.45) is 0.130. The second-order valence-electron chi connectivity index (χ2n) is 3.84. The van der Waals surface area contributed by atoms with Gasteiger partial charge in [0.1, 0.15) is 5.69 Å². The van der Waals surface area contributed by atoms with Crippen molar-refractivity contribution in [2.24, 2.45) is 11.7 Å². The minimum absolute atomic E-state index is 0.0310. The van der Waals surface area contributed by atoms with E-state index in [0.29, 0.717) is 6.54 Å². The van der Waals surface area contributed by atoms with E-state index in [4.69, 9.17) is 5.73 Å². The van der Waals surface area contributed by atoms with E-state index in [0.717, 1.165) is 12.1 Å². The van der Waals surface area contributed by atoms with Crippen molar-refractivity contribution in [2.75, 3.05) is 11.9 Å². The van der Waals surface area contributed by atoms with Crippen LogP contribution in [0.2, 0.25) is 0 Å². The molecule has 6 heteroatoms. The molecule has 0 spiro atoms. The number of carbonyl (C=O) groups is 1. The van der Waals surface area contributed by atoms with Gasteiger partial charge in [0.2, 0.25) is 5.91 Å². The lowest BCUT2D eigenvalue weighted by atomic mass is 10.1. The molecule has 3 nitrogen and oxygen atoms in total. The monoisotopic (exact) mass is 306 g/mol. The molecule has 3 N–H and O–H groups in total. The third kappa shape index (κ3) is 4.05. The minimum Gasteiger partial charge on any atom is -0.330 e. The number of hydrogen-bond acceptors (Lipinski definition) is 2. The van der Waals surface area contributed by atoms with Crippen molar-refractivity contribution in [1.82, 2.24) is 0 Å². The van der Waals surface area contributed by atoms with Crippen LogP contribution in [-0.4, -0.2) is 12.5 Å². The first-order chi connectivity index (χ1) is 7.93. The lowest BCUT2D eigenvalue weighted by Gasteiger charge is -2.10. The van der Waals surface area contributed by atoms with Gasteiger partial charge in [-0.15, -0.1) is 0 Å². The third-order valence-electron chi connectivity index (χ3n) is 2.21. The summed E-state index contributed by atoms with van der Waals surface area (Å²) in [5.41, 5.74) is 4.93. The molecule has 94 valence electrons. The van der Waals surface area contributed by atoms with Crippen LogP contribution in [0.25, 0.3) is 0 Å². The molecule has 0 fully saturated rings. The van der Waals surface area contributed by atoms with Gasteiger partial charge >= 0.3 is 0 Å². The van der Waals surface area contributed by atoms with E-state index in [9.17, 15) is 13.6 Å². The van der Waals surface area contributed by atoms with Crippen LogP contribution in [0.15, 0.2) is 16.6 Å². The van der Waals surface area contributed by atoms with E-state index in [-0.39, 0.29) is 16.8 Å². The maximum absolute atomic E-state index is 13.4. The first kappa shape index (κ1) is 14.1. The molecule has 1 aromatic carbocycles. The fraction of sp³-hybridized carbons (Fsp3) is 0.364. The number of anilines is 1. The molecule has 0 saturated heterocycles. The summed E-state index contributed by atoms with van der Waals surface area (Å²) in [7, 11) is 0. The summed E-state index contributed by atoms with van der Waals surface area (Å²) in [4.78, 5) is 11.5. The quantitative estimate of drug-likeness (QED) is 0.898. The van der Waals surface area contributed by atoms with Gasteiger partial charge in [0.05, 0.1) is 0 Å². The van der Waals surface area contributed by atoms with Crippen LogP contribution in [0.1, 0.15) is 13.3 Å². The van der Waals surface area contributed by atoms with Crippen LogP contribution in [0, 0.1) is 17.6 Å². The summed E-state index contributed by atoms with van der Waals surface area (Å²) >= 11 is 2.96. The maximum atomic E-state index is 13.4. The Morgan fingerprint density at radius 3 is 2.47 bits per heavy atom. The molecule has 1 rings (SSSR count). The number of carbonyl (C=O) groups excluding carboxylic acids is 1. The second-order valence-corrected chi connectivity index (χ2v) is 4.75. The van der Waals surface area contributed by atoms with Gasteiger partial charge in [0.15, 0.2) is 11.6 Å². The van der Waals surface area contributed by atoms with Crippen molar-refractivity contribution < 1.29 is 13.6 Å². The topological polar surface area (TPSA) is 55.1 Å². The van der Waals surface area contributed by atoms with Crippen molar-refractivity contribution in [3.05, 3.63) is 28.2 Å². The molecule has 0 bridgehead atoms. The molecule has 0 aliphatic heterocycles. The zero-order chi connectivity index (χ0) is 13.0. The Labute approximate surface area is 107 Å². The highest BCUT2D eigenvalue weighted by atomic mass is 79.9.